The van der Waals surface area contributed by atoms with Crippen molar-refractivity contribution < 1.29 is 32.2 Å². The summed E-state index contributed by atoms with van der Waals surface area (Å²) in [6.45, 7) is 1.40. The molecule has 0 saturated carbocycles. The number of carbonyl (C=O) groups is 2. The summed E-state index contributed by atoms with van der Waals surface area (Å²) in [4.78, 5) is 28.9. The van der Waals surface area contributed by atoms with Gasteiger partial charge in [0.15, 0.2) is 6.10 Å². The summed E-state index contributed by atoms with van der Waals surface area (Å²) in [5.74, 6) is -0.888. The lowest BCUT2D eigenvalue weighted by molar-refractivity contribution is -0.142. The predicted octanol–water partition coefficient (Wildman–Crippen LogP) is 2.97. The van der Waals surface area contributed by atoms with Crippen LogP contribution < -0.4 is 9.64 Å². The number of benzene rings is 2. The molecule has 0 aromatic heterocycles. The van der Waals surface area contributed by atoms with E-state index in [0.29, 0.717) is 32.0 Å². The van der Waals surface area contributed by atoms with Gasteiger partial charge in [0, 0.05) is 13.1 Å². The molecule has 1 unspecified atom stereocenters. The number of anilines is 1. The van der Waals surface area contributed by atoms with Gasteiger partial charge >= 0.3 is 6.18 Å². The predicted molar refractivity (Wildman–Crippen MR) is 101 cm³/mol. The van der Waals surface area contributed by atoms with Crippen molar-refractivity contribution in [3.8, 4) is 5.75 Å². The highest BCUT2D eigenvalue weighted by atomic mass is 19.4. The number of ether oxygens (including phenoxy) is 2. The van der Waals surface area contributed by atoms with E-state index in [1.807, 2.05) is 0 Å². The molecule has 2 aromatic rings. The second-order valence-electron chi connectivity index (χ2n) is 6.97. The van der Waals surface area contributed by atoms with Crippen molar-refractivity contribution >= 4 is 17.5 Å². The molecule has 0 radical (unpaired) electrons. The molecule has 30 heavy (non-hydrogen) atoms. The average molecular weight is 420 g/mol. The smallest absolute Gasteiger partial charge is 0.417 e. The summed E-state index contributed by atoms with van der Waals surface area (Å²) in [5, 5.41) is 0. The topological polar surface area (TPSA) is 59.1 Å². The van der Waals surface area contributed by atoms with Gasteiger partial charge in [-0.1, -0.05) is 24.3 Å². The number of alkyl halides is 3. The average Bonchev–Trinajstić information content (AvgIpc) is 2.77. The Morgan fingerprint density at radius 3 is 2.37 bits per heavy atom. The lowest BCUT2D eigenvalue weighted by Gasteiger charge is -2.37. The van der Waals surface area contributed by atoms with Crippen molar-refractivity contribution in [2.45, 2.75) is 12.3 Å². The number of carbonyl (C=O) groups excluding carboxylic acids is 2. The Labute approximate surface area is 170 Å². The molecule has 1 saturated heterocycles. The normalized spacial score (nSPS) is 19.1. The Hall–Kier alpha value is -3.07. The van der Waals surface area contributed by atoms with Gasteiger partial charge in [-0.05, 0) is 24.3 Å². The lowest BCUT2D eigenvalue weighted by atomic mass is 10.0. The standard InChI is InChI=1S/C21H19F3N2O4/c22-21(23,24)15-6-2-1-5-14(15)19(27)26-13-18(20(28)25-9-11-29-12-10-25)30-17-8-4-3-7-16(17)26/h1-8,18H,9-13H2. The number of nitrogens with zero attached hydrogens (tertiary/aromatic N) is 2. The third-order valence-electron chi connectivity index (χ3n) is 5.08. The van der Waals surface area contributed by atoms with E-state index in [1.54, 1.807) is 29.2 Å². The second-order valence-corrected chi connectivity index (χ2v) is 6.97. The minimum absolute atomic E-state index is 0.182. The summed E-state index contributed by atoms with van der Waals surface area (Å²) in [6.07, 6.45) is -5.69. The number of hydrogen-bond acceptors (Lipinski definition) is 4. The van der Waals surface area contributed by atoms with Crippen molar-refractivity contribution in [3.05, 3.63) is 59.7 Å². The molecule has 9 heteroatoms. The highest BCUT2D eigenvalue weighted by Crippen LogP contribution is 2.37. The van der Waals surface area contributed by atoms with Gasteiger partial charge in [-0.15, -0.1) is 0 Å². The number of para-hydroxylation sites is 2. The van der Waals surface area contributed by atoms with Crippen LogP contribution in [0.1, 0.15) is 15.9 Å². The number of halogens is 3. The maximum Gasteiger partial charge on any atom is 0.417 e. The van der Waals surface area contributed by atoms with Crippen molar-refractivity contribution in [2.24, 2.45) is 0 Å². The molecule has 2 aliphatic heterocycles. The third kappa shape index (κ3) is 3.85. The van der Waals surface area contributed by atoms with E-state index in [9.17, 15) is 22.8 Å². The molecule has 0 spiro atoms. The van der Waals surface area contributed by atoms with Gasteiger partial charge < -0.3 is 19.3 Å². The first-order valence-electron chi connectivity index (χ1n) is 9.46. The van der Waals surface area contributed by atoms with Gasteiger partial charge in [-0.3, -0.25) is 9.59 Å². The van der Waals surface area contributed by atoms with Crippen LogP contribution in [0.25, 0.3) is 0 Å². The Morgan fingerprint density at radius 1 is 0.967 bits per heavy atom. The fraction of sp³-hybridized carbons (Fsp3) is 0.333. The summed E-state index contributed by atoms with van der Waals surface area (Å²) in [6, 6.07) is 11.1. The molecule has 0 aliphatic carbocycles. The quantitative estimate of drug-likeness (QED) is 0.750. The van der Waals surface area contributed by atoms with E-state index in [1.165, 1.54) is 17.0 Å². The van der Waals surface area contributed by atoms with E-state index in [4.69, 9.17) is 9.47 Å². The highest BCUT2D eigenvalue weighted by Gasteiger charge is 2.40. The Balaban J connectivity index is 1.68. The first-order chi connectivity index (χ1) is 14.4. The molecule has 1 fully saturated rings. The molecule has 0 N–H and O–H groups in total. The summed E-state index contributed by atoms with van der Waals surface area (Å²) in [5.41, 5.74) is -1.17. The van der Waals surface area contributed by atoms with Crippen LogP contribution in [0.5, 0.6) is 5.75 Å². The Kier molecular flexibility index (Phi) is 5.38. The van der Waals surface area contributed by atoms with Crippen LogP contribution >= 0.6 is 0 Å². The first kappa shape index (κ1) is 20.2. The van der Waals surface area contributed by atoms with Gasteiger partial charge in [-0.25, -0.2) is 0 Å². The number of morpholine rings is 1. The van der Waals surface area contributed by atoms with Crippen LogP contribution in [0.2, 0.25) is 0 Å². The zero-order chi connectivity index (χ0) is 21.3. The molecular formula is C21H19F3N2O4. The minimum Gasteiger partial charge on any atom is -0.476 e. The van der Waals surface area contributed by atoms with Gasteiger partial charge in [0.1, 0.15) is 5.75 Å². The van der Waals surface area contributed by atoms with Crippen LogP contribution in [0.15, 0.2) is 48.5 Å². The van der Waals surface area contributed by atoms with Gasteiger partial charge in [0.25, 0.3) is 11.8 Å². The SMILES string of the molecule is O=C(C1CN(C(=O)c2ccccc2C(F)(F)F)c2ccccc2O1)N1CCOCC1. The van der Waals surface area contributed by atoms with Gasteiger partial charge in [-0.2, -0.15) is 13.2 Å². The van der Waals surface area contributed by atoms with E-state index < -0.39 is 29.3 Å². The molecule has 158 valence electrons. The van der Waals surface area contributed by atoms with Crippen LogP contribution in [0, 0.1) is 0 Å². The highest BCUT2D eigenvalue weighted by molar-refractivity contribution is 6.08. The molecular weight excluding hydrogens is 401 g/mol. The summed E-state index contributed by atoms with van der Waals surface area (Å²) in [7, 11) is 0. The summed E-state index contributed by atoms with van der Waals surface area (Å²) >= 11 is 0. The number of hydrogen-bond donors (Lipinski definition) is 0. The fourth-order valence-electron chi connectivity index (χ4n) is 3.60. The molecule has 2 aromatic carbocycles. The lowest BCUT2D eigenvalue weighted by Crippen LogP contribution is -2.54. The molecule has 2 aliphatic rings. The number of amides is 2. The van der Waals surface area contributed by atoms with Crippen molar-refractivity contribution in [3.63, 3.8) is 0 Å². The molecule has 6 nitrogen and oxygen atoms in total. The zero-order valence-corrected chi connectivity index (χ0v) is 15.9. The maximum atomic E-state index is 13.5. The number of fused-ring (bicyclic) bond motifs is 1. The fourth-order valence-corrected chi connectivity index (χ4v) is 3.60. The molecule has 1 atom stereocenters. The molecule has 0 bridgehead atoms. The maximum absolute atomic E-state index is 13.5. The van der Waals surface area contributed by atoms with E-state index >= 15 is 0 Å². The number of rotatable bonds is 2. The molecule has 2 amide bonds. The third-order valence-corrected chi connectivity index (χ3v) is 5.08. The van der Waals surface area contributed by atoms with Crippen LogP contribution in [-0.2, 0) is 15.7 Å². The molecule has 4 rings (SSSR count). The monoisotopic (exact) mass is 420 g/mol. The minimum atomic E-state index is -4.68. The molecule has 2 heterocycles. The van der Waals surface area contributed by atoms with Crippen LogP contribution in [-0.4, -0.2) is 55.7 Å². The van der Waals surface area contributed by atoms with Gasteiger partial charge in [0.2, 0.25) is 0 Å². The van der Waals surface area contributed by atoms with Crippen LogP contribution in [0.4, 0.5) is 18.9 Å². The zero-order valence-electron chi connectivity index (χ0n) is 15.9. The van der Waals surface area contributed by atoms with E-state index in [2.05, 4.69) is 0 Å². The summed E-state index contributed by atoms with van der Waals surface area (Å²) < 4.78 is 51.4. The van der Waals surface area contributed by atoms with E-state index in [0.717, 1.165) is 12.1 Å². The van der Waals surface area contributed by atoms with Crippen molar-refractivity contribution in [1.29, 1.82) is 0 Å². The Bertz CT molecular complexity index is 957. The van der Waals surface area contributed by atoms with Crippen molar-refractivity contribution in [1.82, 2.24) is 4.90 Å². The van der Waals surface area contributed by atoms with Crippen molar-refractivity contribution in [2.75, 3.05) is 37.7 Å². The Morgan fingerprint density at radius 2 is 1.63 bits per heavy atom. The largest absolute Gasteiger partial charge is 0.476 e. The first-order valence-corrected chi connectivity index (χ1v) is 9.46. The van der Waals surface area contributed by atoms with Crippen LogP contribution in [0.3, 0.4) is 0 Å². The second kappa shape index (κ2) is 7.98. The van der Waals surface area contributed by atoms with E-state index in [-0.39, 0.29) is 18.2 Å². The van der Waals surface area contributed by atoms with Gasteiger partial charge in [0.05, 0.1) is 36.6 Å².